The van der Waals surface area contributed by atoms with E-state index in [4.69, 9.17) is 21.1 Å². The Kier molecular flexibility index (Phi) is 6.73. The molecule has 1 saturated heterocycles. The van der Waals surface area contributed by atoms with E-state index >= 15 is 0 Å². The van der Waals surface area contributed by atoms with Gasteiger partial charge in [-0.05, 0) is 11.6 Å². The molecule has 21 heavy (non-hydrogen) atoms. The fourth-order valence-corrected chi connectivity index (χ4v) is 2.22. The van der Waals surface area contributed by atoms with Gasteiger partial charge in [-0.3, -0.25) is 9.69 Å². The van der Waals surface area contributed by atoms with Crippen LogP contribution in [0.1, 0.15) is 5.56 Å². The van der Waals surface area contributed by atoms with Crippen LogP contribution < -0.4 is 0 Å². The fourth-order valence-electron chi connectivity index (χ4n) is 2.16. The first-order valence-corrected chi connectivity index (χ1v) is 7.60. The first-order chi connectivity index (χ1) is 10.3. The number of hydrogen-bond acceptors (Lipinski definition) is 4. The third-order valence-corrected chi connectivity index (χ3v) is 3.45. The molecule has 1 aromatic carbocycles. The summed E-state index contributed by atoms with van der Waals surface area (Å²) in [6.07, 6.45) is 3.58. The Bertz CT molecular complexity index is 458. The van der Waals surface area contributed by atoms with Gasteiger partial charge in [-0.15, -0.1) is 11.6 Å². The van der Waals surface area contributed by atoms with E-state index in [1.807, 2.05) is 42.5 Å². The van der Waals surface area contributed by atoms with E-state index in [1.54, 1.807) is 0 Å². The second-order valence-corrected chi connectivity index (χ2v) is 5.11. The van der Waals surface area contributed by atoms with Crippen LogP contribution in [0.2, 0.25) is 0 Å². The largest absolute Gasteiger partial charge is 0.456 e. The molecule has 114 valence electrons. The third-order valence-electron chi connectivity index (χ3n) is 3.24. The second kappa shape index (κ2) is 8.82. The van der Waals surface area contributed by atoms with Crippen molar-refractivity contribution in [2.45, 2.75) is 6.10 Å². The van der Waals surface area contributed by atoms with E-state index in [1.165, 1.54) is 0 Å². The summed E-state index contributed by atoms with van der Waals surface area (Å²) in [5, 5.41) is 0. The zero-order valence-corrected chi connectivity index (χ0v) is 12.7. The fraction of sp³-hybridized carbons (Fsp3) is 0.438. The van der Waals surface area contributed by atoms with Crippen molar-refractivity contribution < 1.29 is 14.3 Å². The van der Waals surface area contributed by atoms with Crippen molar-refractivity contribution >= 4 is 23.6 Å². The van der Waals surface area contributed by atoms with Crippen molar-refractivity contribution in [2.75, 3.05) is 38.7 Å². The topological polar surface area (TPSA) is 38.8 Å². The first kappa shape index (κ1) is 16.0. The van der Waals surface area contributed by atoms with Crippen molar-refractivity contribution in [2.24, 2.45) is 0 Å². The molecule has 1 fully saturated rings. The molecule has 1 heterocycles. The van der Waals surface area contributed by atoms with Crippen molar-refractivity contribution in [1.29, 1.82) is 0 Å². The molecule has 1 atom stereocenters. The van der Waals surface area contributed by atoms with Crippen LogP contribution in [0, 0.1) is 0 Å². The molecule has 1 unspecified atom stereocenters. The lowest BCUT2D eigenvalue weighted by atomic mass is 10.2. The minimum absolute atomic E-state index is 0.126. The normalized spacial score (nSPS) is 17.8. The number of halogens is 1. The lowest BCUT2D eigenvalue weighted by molar-refractivity contribution is -0.144. The molecule has 4 nitrogen and oxygen atoms in total. The second-order valence-electron chi connectivity index (χ2n) is 4.84. The zero-order chi connectivity index (χ0) is 14.9. The standard InChI is InChI=1S/C16H20ClNO3/c17-12-16(19)21-15(13-18-8-10-20-11-9-18)7-6-14-4-2-1-3-5-14/h1-7,15H,8-13H2/b7-6+. The molecule has 0 spiro atoms. The SMILES string of the molecule is O=C(CCl)OC(/C=C/c1ccccc1)CN1CCOCC1. The van der Waals surface area contributed by atoms with Gasteiger partial charge in [0.15, 0.2) is 0 Å². The van der Waals surface area contributed by atoms with E-state index in [-0.39, 0.29) is 12.0 Å². The summed E-state index contributed by atoms with van der Waals surface area (Å²) in [7, 11) is 0. The Labute approximate surface area is 130 Å². The molecule has 0 aromatic heterocycles. The summed E-state index contributed by atoms with van der Waals surface area (Å²) >= 11 is 5.52. The van der Waals surface area contributed by atoms with Gasteiger partial charge in [-0.1, -0.05) is 36.4 Å². The van der Waals surface area contributed by atoms with E-state index in [0.29, 0.717) is 6.54 Å². The molecule has 0 radical (unpaired) electrons. The maximum atomic E-state index is 11.4. The molecule has 1 aliphatic heterocycles. The molecule has 1 aromatic rings. The predicted octanol–water partition coefficient (Wildman–Crippen LogP) is 2.18. The van der Waals surface area contributed by atoms with Gasteiger partial charge < -0.3 is 9.47 Å². The monoisotopic (exact) mass is 309 g/mol. The Morgan fingerprint density at radius 1 is 1.33 bits per heavy atom. The number of alkyl halides is 1. The molecular formula is C16H20ClNO3. The van der Waals surface area contributed by atoms with Crippen LogP contribution in [0.5, 0.6) is 0 Å². The van der Waals surface area contributed by atoms with Gasteiger partial charge in [0, 0.05) is 19.6 Å². The van der Waals surface area contributed by atoms with Gasteiger partial charge in [-0.25, -0.2) is 0 Å². The molecule has 0 saturated carbocycles. The van der Waals surface area contributed by atoms with Crippen LogP contribution in [-0.2, 0) is 14.3 Å². The molecule has 0 N–H and O–H groups in total. The summed E-state index contributed by atoms with van der Waals surface area (Å²) in [5.41, 5.74) is 1.08. The molecule has 0 amide bonds. The van der Waals surface area contributed by atoms with Gasteiger partial charge in [0.1, 0.15) is 12.0 Å². The average molecular weight is 310 g/mol. The minimum atomic E-state index is -0.396. The lowest BCUT2D eigenvalue weighted by Gasteiger charge is -2.29. The van der Waals surface area contributed by atoms with Crippen molar-refractivity contribution in [3.63, 3.8) is 0 Å². The van der Waals surface area contributed by atoms with Crippen LogP contribution >= 0.6 is 11.6 Å². The van der Waals surface area contributed by atoms with Crippen molar-refractivity contribution in [3.05, 3.63) is 42.0 Å². The van der Waals surface area contributed by atoms with Crippen LogP contribution in [0.4, 0.5) is 0 Å². The third kappa shape index (κ3) is 5.87. The smallest absolute Gasteiger partial charge is 0.321 e. The highest BCUT2D eigenvalue weighted by molar-refractivity contribution is 6.26. The number of nitrogens with zero attached hydrogens (tertiary/aromatic N) is 1. The summed E-state index contributed by atoms with van der Waals surface area (Å²) < 4.78 is 10.7. The van der Waals surface area contributed by atoms with Gasteiger partial charge in [0.05, 0.1) is 13.2 Å². The van der Waals surface area contributed by atoms with Crippen LogP contribution in [0.3, 0.4) is 0 Å². The predicted molar refractivity (Wildman–Crippen MR) is 83.3 cm³/mol. The number of hydrogen-bond donors (Lipinski definition) is 0. The van der Waals surface area contributed by atoms with Gasteiger partial charge in [-0.2, -0.15) is 0 Å². The van der Waals surface area contributed by atoms with E-state index < -0.39 is 5.97 Å². The van der Waals surface area contributed by atoms with Gasteiger partial charge >= 0.3 is 5.97 Å². The number of rotatable bonds is 6. The molecule has 0 aliphatic carbocycles. The summed E-state index contributed by atoms with van der Waals surface area (Å²) in [5.74, 6) is -0.522. The maximum Gasteiger partial charge on any atom is 0.321 e. The molecular weight excluding hydrogens is 290 g/mol. The molecule has 1 aliphatic rings. The molecule has 2 rings (SSSR count). The lowest BCUT2D eigenvalue weighted by Crippen LogP contribution is -2.41. The number of ether oxygens (including phenoxy) is 2. The highest BCUT2D eigenvalue weighted by Gasteiger charge is 2.17. The summed E-state index contributed by atoms with van der Waals surface area (Å²) in [6, 6.07) is 9.93. The van der Waals surface area contributed by atoms with Crippen molar-refractivity contribution in [3.8, 4) is 0 Å². The highest BCUT2D eigenvalue weighted by atomic mass is 35.5. The Balaban J connectivity index is 1.97. The van der Waals surface area contributed by atoms with E-state index in [9.17, 15) is 4.79 Å². The number of morpholine rings is 1. The van der Waals surface area contributed by atoms with Crippen molar-refractivity contribution in [1.82, 2.24) is 4.90 Å². The number of carbonyl (C=O) groups excluding carboxylic acids is 1. The summed E-state index contributed by atoms with van der Waals surface area (Å²) in [6.45, 7) is 3.81. The van der Waals surface area contributed by atoms with Crippen LogP contribution in [0.15, 0.2) is 36.4 Å². The van der Waals surface area contributed by atoms with Crippen LogP contribution in [-0.4, -0.2) is 55.7 Å². The zero-order valence-electron chi connectivity index (χ0n) is 11.9. The summed E-state index contributed by atoms with van der Waals surface area (Å²) in [4.78, 5) is 13.7. The Morgan fingerprint density at radius 2 is 2.05 bits per heavy atom. The number of benzene rings is 1. The maximum absolute atomic E-state index is 11.4. The molecule has 0 bridgehead atoms. The first-order valence-electron chi connectivity index (χ1n) is 7.07. The number of carbonyl (C=O) groups is 1. The molecule has 5 heteroatoms. The quantitative estimate of drug-likeness (QED) is 0.596. The highest BCUT2D eigenvalue weighted by Crippen LogP contribution is 2.08. The number of esters is 1. The Hall–Kier alpha value is -1.36. The average Bonchev–Trinajstić information content (AvgIpc) is 2.54. The van der Waals surface area contributed by atoms with Crippen LogP contribution in [0.25, 0.3) is 6.08 Å². The van der Waals surface area contributed by atoms with E-state index in [0.717, 1.165) is 31.9 Å². The van der Waals surface area contributed by atoms with Gasteiger partial charge in [0.2, 0.25) is 0 Å². The Morgan fingerprint density at radius 3 is 2.71 bits per heavy atom. The van der Waals surface area contributed by atoms with Gasteiger partial charge in [0.25, 0.3) is 0 Å². The minimum Gasteiger partial charge on any atom is -0.456 e. The van der Waals surface area contributed by atoms with E-state index in [2.05, 4.69) is 4.90 Å².